The van der Waals surface area contributed by atoms with Gasteiger partial charge in [0.05, 0.1) is 0 Å². The van der Waals surface area contributed by atoms with E-state index >= 15 is 0 Å². The molecule has 28 heavy (non-hydrogen) atoms. The van der Waals surface area contributed by atoms with Crippen molar-refractivity contribution >= 4 is 11.9 Å². The second kappa shape index (κ2) is 7.73. The molecule has 0 bridgehead atoms. The van der Waals surface area contributed by atoms with Gasteiger partial charge in [-0.2, -0.15) is 26.3 Å². The molecule has 2 aliphatic rings. The number of nitrogens with zero attached hydrogens (tertiary/aromatic N) is 2. The number of carbonyl (C=O) groups excluding carboxylic acids is 1. The summed E-state index contributed by atoms with van der Waals surface area (Å²) in [6, 6.07) is 5.12. The van der Waals surface area contributed by atoms with Crippen LogP contribution in [0.5, 0.6) is 0 Å². The Kier molecular flexibility index (Phi) is 5.97. The normalized spacial score (nSPS) is 17.4. The van der Waals surface area contributed by atoms with Crippen LogP contribution in [-0.2, 0) is 10.5 Å². The van der Waals surface area contributed by atoms with Crippen molar-refractivity contribution in [3.05, 3.63) is 35.4 Å². The van der Waals surface area contributed by atoms with Crippen LogP contribution in [0.2, 0.25) is 0 Å². The molecule has 0 aromatic heterocycles. The van der Waals surface area contributed by atoms with Gasteiger partial charge < -0.3 is 5.11 Å². The van der Waals surface area contributed by atoms with E-state index in [0.717, 1.165) is 12.8 Å². The van der Waals surface area contributed by atoms with E-state index in [2.05, 4.69) is 21.1 Å². The summed E-state index contributed by atoms with van der Waals surface area (Å²) in [6.07, 6.45) is -7.32. The summed E-state index contributed by atoms with van der Waals surface area (Å²) >= 11 is 0. The first-order chi connectivity index (χ1) is 12.9. The Balaban J connectivity index is 0.000000345. The third kappa shape index (κ3) is 5.41. The average Bonchev–Trinajstić information content (AvgIpc) is 3.47. The van der Waals surface area contributed by atoms with Crippen LogP contribution in [0.3, 0.4) is 0 Å². The fraction of sp³-hybridized carbons (Fsp3) is 0.467. The molecule has 1 fully saturated rings. The highest BCUT2D eigenvalue weighted by molar-refractivity contribution is 5.93. The maximum Gasteiger partial charge on any atom is 0.490 e. The van der Waals surface area contributed by atoms with Crippen LogP contribution in [-0.4, -0.2) is 35.9 Å². The molecule has 0 radical (unpaired) electrons. The minimum absolute atomic E-state index is 0.0857. The standard InChI is InChI=1S/C13H13F3N4O.C2HF3O2/c14-13(15,16)12(19-20-12)10-5-3-9(4-6-10)11(21)18-17-7-8-1-2-8;3-2(4,5)1(6)7/h3-6,8,17H,1-2,7H2,(H,18,21);(H,6,7). The SMILES string of the molecule is O=C(NNCC1CC1)c1ccc(C2(C(F)(F)F)N=N2)cc1.O=C(O)C(F)(F)F. The molecule has 1 heterocycles. The molecule has 0 unspecified atom stereocenters. The second-order valence-electron chi connectivity index (χ2n) is 6.03. The fourth-order valence-electron chi connectivity index (χ4n) is 1.97. The molecule has 1 aliphatic heterocycles. The fourth-order valence-corrected chi connectivity index (χ4v) is 1.97. The number of amides is 1. The highest BCUT2D eigenvalue weighted by Crippen LogP contribution is 2.52. The molecule has 1 aromatic rings. The van der Waals surface area contributed by atoms with Crippen molar-refractivity contribution in [2.24, 2.45) is 16.1 Å². The van der Waals surface area contributed by atoms with Gasteiger partial charge in [0, 0.05) is 17.7 Å². The first-order valence-electron chi connectivity index (χ1n) is 7.81. The van der Waals surface area contributed by atoms with E-state index in [0.29, 0.717) is 12.5 Å². The van der Waals surface area contributed by atoms with E-state index in [4.69, 9.17) is 9.90 Å². The van der Waals surface area contributed by atoms with Crippen LogP contribution >= 0.6 is 0 Å². The van der Waals surface area contributed by atoms with Gasteiger partial charge in [-0.25, -0.2) is 10.2 Å². The quantitative estimate of drug-likeness (QED) is 0.511. The Hall–Kier alpha value is -2.70. The lowest BCUT2D eigenvalue weighted by Gasteiger charge is -2.15. The van der Waals surface area contributed by atoms with Crippen molar-refractivity contribution < 1.29 is 41.0 Å². The number of hydrazine groups is 1. The Morgan fingerprint density at radius 1 is 1.07 bits per heavy atom. The van der Waals surface area contributed by atoms with Crippen LogP contribution in [0.1, 0.15) is 28.8 Å². The average molecular weight is 412 g/mol. The minimum atomic E-state index is -5.08. The summed E-state index contributed by atoms with van der Waals surface area (Å²) < 4.78 is 70.2. The van der Waals surface area contributed by atoms with Crippen molar-refractivity contribution in [1.82, 2.24) is 10.9 Å². The number of carbonyl (C=O) groups is 2. The van der Waals surface area contributed by atoms with Gasteiger partial charge >= 0.3 is 24.0 Å². The molecular weight excluding hydrogens is 398 g/mol. The minimum Gasteiger partial charge on any atom is -0.475 e. The predicted octanol–water partition coefficient (Wildman–Crippen LogP) is 3.15. The summed E-state index contributed by atoms with van der Waals surface area (Å²) in [5.41, 5.74) is 3.08. The van der Waals surface area contributed by atoms with Crippen LogP contribution in [0.4, 0.5) is 26.3 Å². The van der Waals surface area contributed by atoms with Gasteiger partial charge in [-0.05, 0) is 30.9 Å². The molecule has 0 spiro atoms. The van der Waals surface area contributed by atoms with Crippen LogP contribution in [0.15, 0.2) is 34.5 Å². The number of aliphatic carboxylic acids is 1. The highest BCUT2D eigenvalue weighted by atomic mass is 19.4. The summed E-state index contributed by atoms with van der Waals surface area (Å²) in [6.45, 7) is 0.707. The highest BCUT2D eigenvalue weighted by Gasteiger charge is 2.65. The lowest BCUT2D eigenvalue weighted by atomic mass is 10.0. The van der Waals surface area contributed by atoms with Gasteiger partial charge in [0.15, 0.2) is 0 Å². The zero-order chi connectivity index (χ0) is 21.2. The van der Waals surface area contributed by atoms with Crippen LogP contribution in [0.25, 0.3) is 0 Å². The smallest absolute Gasteiger partial charge is 0.475 e. The van der Waals surface area contributed by atoms with E-state index < -0.39 is 24.0 Å². The monoisotopic (exact) mass is 412 g/mol. The molecular formula is C15H14F6N4O3. The third-order valence-electron chi connectivity index (χ3n) is 3.78. The molecule has 3 rings (SSSR count). The Morgan fingerprint density at radius 2 is 1.57 bits per heavy atom. The first kappa shape index (κ1) is 21.6. The van der Waals surface area contributed by atoms with Crippen molar-refractivity contribution in [3.8, 4) is 0 Å². The summed E-state index contributed by atoms with van der Waals surface area (Å²) in [7, 11) is 0. The zero-order valence-electron chi connectivity index (χ0n) is 13.9. The summed E-state index contributed by atoms with van der Waals surface area (Å²) in [5.74, 6) is -2.53. The molecule has 1 aliphatic carbocycles. The van der Waals surface area contributed by atoms with Gasteiger partial charge in [0.2, 0.25) is 0 Å². The molecule has 1 saturated carbocycles. The molecule has 7 nitrogen and oxygen atoms in total. The van der Waals surface area contributed by atoms with Gasteiger partial charge in [-0.1, -0.05) is 12.1 Å². The van der Waals surface area contributed by atoms with E-state index in [9.17, 15) is 31.1 Å². The first-order valence-corrected chi connectivity index (χ1v) is 7.81. The largest absolute Gasteiger partial charge is 0.490 e. The summed E-state index contributed by atoms with van der Waals surface area (Å²) in [4.78, 5) is 20.7. The van der Waals surface area contributed by atoms with E-state index in [1.54, 1.807) is 0 Å². The number of hydrogen-bond donors (Lipinski definition) is 3. The number of alkyl halides is 6. The zero-order valence-corrected chi connectivity index (χ0v) is 13.9. The topological polar surface area (TPSA) is 103 Å². The Morgan fingerprint density at radius 3 is 1.93 bits per heavy atom. The van der Waals surface area contributed by atoms with Gasteiger partial charge in [-0.3, -0.25) is 10.2 Å². The molecule has 13 heteroatoms. The number of carboxylic acid groups (broad SMARTS) is 1. The number of halogens is 6. The molecule has 154 valence electrons. The molecule has 0 saturated heterocycles. The van der Waals surface area contributed by atoms with Crippen molar-refractivity contribution in [1.29, 1.82) is 0 Å². The van der Waals surface area contributed by atoms with Crippen molar-refractivity contribution in [2.45, 2.75) is 30.9 Å². The molecule has 1 aromatic carbocycles. The number of nitrogens with one attached hydrogen (secondary N) is 2. The van der Waals surface area contributed by atoms with Gasteiger partial charge in [0.25, 0.3) is 5.91 Å². The van der Waals surface area contributed by atoms with Crippen LogP contribution in [0, 0.1) is 5.92 Å². The number of benzene rings is 1. The lowest BCUT2D eigenvalue weighted by molar-refractivity contribution is -0.192. The Bertz CT molecular complexity index is 751. The lowest BCUT2D eigenvalue weighted by Crippen LogP contribution is -2.38. The number of hydrogen-bond acceptors (Lipinski definition) is 5. The Labute approximate surface area is 153 Å². The maximum atomic E-state index is 12.8. The van der Waals surface area contributed by atoms with Crippen molar-refractivity contribution in [2.75, 3.05) is 6.54 Å². The predicted molar refractivity (Wildman–Crippen MR) is 80.9 cm³/mol. The van der Waals surface area contributed by atoms with E-state index in [1.165, 1.54) is 24.3 Å². The van der Waals surface area contributed by atoms with Crippen molar-refractivity contribution in [3.63, 3.8) is 0 Å². The third-order valence-corrected chi connectivity index (χ3v) is 3.78. The van der Waals surface area contributed by atoms with Crippen LogP contribution < -0.4 is 10.9 Å². The number of carboxylic acids is 1. The second-order valence-corrected chi connectivity index (χ2v) is 6.03. The van der Waals surface area contributed by atoms with Gasteiger partial charge in [-0.15, -0.1) is 10.2 Å². The maximum absolute atomic E-state index is 12.8. The van der Waals surface area contributed by atoms with Gasteiger partial charge in [0.1, 0.15) is 0 Å². The molecule has 0 atom stereocenters. The number of rotatable bonds is 5. The van der Waals surface area contributed by atoms with E-state index in [1.807, 2.05) is 0 Å². The summed E-state index contributed by atoms with van der Waals surface area (Å²) in [5, 5.41) is 13.4. The molecule has 1 amide bonds. The van der Waals surface area contributed by atoms with E-state index in [-0.39, 0.29) is 17.0 Å². The molecule has 3 N–H and O–H groups in total.